The van der Waals surface area contributed by atoms with Gasteiger partial charge in [-0.1, -0.05) is 41.9 Å². The highest BCUT2D eigenvalue weighted by atomic mass is 35.5. The fourth-order valence-corrected chi connectivity index (χ4v) is 4.75. The number of carbonyl (C=O) groups excluding carboxylic acids is 1. The number of nitrogens with one attached hydrogen (secondary N) is 2. The van der Waals surface area contributed by atoms with Crippen LogP contribution in [0.4, 0.5) is 5.69 Å². The Morgan fingerprint density at radius 1 is 1.23 bits per heavy atom. The molecule has 166 valence electrons. The Morgan fingerprint density at radius 3 is 2.55 bits per heavy atom. The van der Waals surface area contributed by atoms with E-state index in [1.165, 1.54) is 16.8 Å². The number of rotatable bonds is 7. The lowest BCUT2D eigenvalue weighted by atomic mass is 10.2. The number of methoxy groups -OCH3 is 1. The average molecular weight is 465 g/mol. The predicted octanol–water partition coefficient (Wildman–Crippen LogP) is 1.80. The number of carbonyl (C=O) groups is 1. The van der Waals surface area contributed by atoms with Crippen LogP contribution in [0.15, 0.2) is 47.9 Å². The number of anilines is 1. The first-order valence-corrected chi connectivity index (χ1v) is 11.9. The van der Waals surface area contributed by atoms with Gasteiger partial charge in [0.15, 0.2) is 6.54 Å². The molecule has 1 aliphatic heterocycles. The number of ether oxygens (including phenoxy) is 1. The summed E-state index contributed by atoms with van der Waals surface area (Å²) in [6.07, 6.45) is 1.60. The van der Waals surface area contributed by atoms with E-state index in [1.54, 1.807) is 18.2 Å². The van der Waals surface area contributed by atoms with Crippen LogP contribution in [0.25, 0.3) is 6.08 Å². The summed E-state index contributed by atoms with van der Waals surface area (Å²) in [4.78, 5) is 13.5. The van der Waals surface area contributed by atoms with E-state index in [4.69, 9.17) is 16.3 Å². The number of amides is 1. The first kappa shape index (κ1) is 23.3. The number of piperazine rings is 1. The minimum atomic E-state index is -3.49. The van der Waals surface area contributed by atoms with Crippen LogP contribution in [0.2, 0.25) is 5.02 Å². The standard InChI is InChI=1S/C22H26ClN3O4S/c1-17-14-20(21(30-2)15-19(17)23)24-22(27)16-25-9-11-26(12-10-25)31(28,29)13-8-18-6-4-3-5-7-18/h3-8,13-15H,9-12,16H2,1-2H3,(H,24,27)/p+1/b13-8+. The lowest BCUT2D eigenvalue weighted by Gasteiger charge is -2.30. The van der Waals surface area contributed by atoms with Crippen LogP contribution in [0.1, 0.15) is 11.1 Å². The SMILES string of the molecule is COc1cc(Cl)c(C)cc1NC(=O)C[NH+]1CCN(S(=O)(=O)/C=C/c2ccccc2)CC1. The van der Waals surface area contributed by atoms with Crippen molar-refractivity contribution in [1.29, 1.82) is 0 Å². The van der Waals surface area contributed by atoms with Crippen molar-refractivity contribution in [3.63, 3.8) is 0 Å². The normalized spacial score (nSPS) is 15.8. The molecule has 1 aliphatic rings. The highest BCUT2D eigenvalue weighted by Gasteiger charge is 2.28. The number of aryl methyl sites for hydroxylation is 1. The summed E-state index contributed by atoms with van der Waals surface area (Å²) < 4.78 is 31.9. The molecule has 31 heavy (non-hydrogen) atoms. The van der Waals surface area contributed by atoms with Gasteiger partial charge in [-0.3, -0.25) is 4.79 Å². The second-order valence-corrected chi connectivity index (χ2v) is 9.66. The Labute approximate surface area is 188 Å². The zero-order valence-electron chi connectivity index (χ0n) is 17.6. The van der Waals surface area contributed by atoms with E-state index in [-0.39, 0.29) is 12.5 Å². The Bertz CT molecular complexity index is 1050. The molecule has 1 fully saturated rings. The molecular formula is C22H27ClN3O4S+. The second kappa shape index (κ2) is 10.3. The van der Waals surface area contributed by atoms with Crippen molar-refractivity contribution < 1.29 is 22.8 Å². The maximum absolute atomic E-state index is 12.6. The summed E-state index contributed by atoms with van der Waals surface area (Å²) in [7, 11) is -1.97. The van der Waals surface area contributed by atoms with E-state index >= 15 is 0 Å². The zero-order chi connectivity index (χ0) is 22.4. The summed E-state index contributed by atoms with van der Waals surface area (Å²) in [6, 6.07) is 12.8. The number of benzene rings is 2. The van der Waals surface area contributed by atoms with Crippen molar-refractivity contribution in [2.45, 2.75) is 6.92 Å². The van der Waals surface area contributed by atoms with Crippen LogP contribution in [0.3, 0.4) is 0 Å². The second-order valence-electron chi connectivity index (χ2n) is 7.43. The number of hydrogen-bond donors (Lipinski definition) is 2. The van der Waals surface area contributed by atoms with Crippen LogP contribution >= 0.6 is 11.6 Å². The van der Waals surface area contributed by atoms with Crippen molar-refractivity contribution >= 4 is 39.3 Å². The van der Waals surface area contributed by atoms with Crippen molar-refractivity contribution in [3.8, 4) is 5.75 Å². The van der Waals surface area contributed by atoms with Crippen LogP contribution in [-0.4, -0.2) is 58.5 Å². The van der Waals surface area contributed by atoms with Crippen molar-refractivity contribution in [2.75, 3.05) is 45.2 Å². The molecule has 0 aromatic heterocycles. The van der Waals surface area contributed by atoms with Gasteiger partial charge in [0, 0.05) is 16.5 Å². The highest BCUT2D eigenvalue weighted by Crippen LogP contribution is 2.30. The van der Waals surface area contributed by atoms with Crippen LogP contribution in [-0.2, 0) is 14.8 Å². The topological polar surface area (TPSA) is 80.2 Å². The van der Waals surface area contributed by atoms with E-state index in [1.807, 2.05) is 37.3 Å². The number of nitrogens with zero attached hydrogens (tertiary/aromatic N) is 1. The maximum atomic E-state index is 12.6. The van der Waals surface area contributed by atoms with Crippen molar-refractivity contribution in [1.82, 2.24) is 4.31 Å². The number of halogens is 1. The quantitative estimate of drug-likeness (QED) is 0.654. The van der Waals surface area contributed by atoms with Gasteiger partial charge in [-0.05, 0) is 30.2 Å². The van der Waals surface area contributed by atoms with Crippen LogP contribution in [0.5, 0.6) is 5.75 Å². The van der Waals surface area contributed by atoms with Crippen molar-refractivity contribution in [2.24, 2.45) is 0 Å². The molecule has 0 radical (unpaired) electrons. The van der Waals surface area contributed by atoms with Crippen LogP contribution in [0, 0.1) is 6.92 Å². The van der Waals surface area contributed by atoms with Gasteiger partial charge in [-0.15, -0.1) is 0 Å². The van der Waals surface area contributed by atoms with Gasteiger partial charge in [-0.2, -0.15) is 4.31 Å². The molecule has 2 N–H and O–H groups in total. The van der Waals surface area contributed by atoms with E-state index in [9.17, 15) is 13.2 Å². The fourth-order valence-electron chi connectivity index (χ4n) is 3.40. The molecule has 9 heteroatoms. The molecule has 0 bridgehead atoms. The third-order valence-corrected chi connectivity index (χ3v) is 7.16. The van der Waals surface area contributed by atoms with Crippen molar-refractivity contribution in [3.05, 3.63) is 64.0 Å². The van der Waals surface area contributed by atoms with Gasteiger partial charge in [0.25, 0.3) is 5.91 Å². The third kappa shape index (κ3) is 6.30. The predicted molar refractivity (Wildman–Crippen MR) is 123 cm³/mol. The van der Waals surface area contributed by atoms with Gasteiger partial charge in [0.05, 0.1) is 39.0 Å². The Morgan fingerprint density at radius 2 is 1.90 bits per heavy atom. The smallest absolute Gasteiger partial charge is 0.279 e. The average Bonchev–Trinajstić information content (AvgIpc) is 2.76. The summed E-state index contributed by atoms with van der Waals surface area (Å²) >= 11 is 6.11. The van der Waals surface area contributed by atoms with Gasteiger partial charge < -0.3 is 15.0 Å². The highest BCUT2D eigenvalue weighted by molar-refractivity contribution is 7.92. The molecule has 0 saturated carbocycles. The van der Waals surface area contributed by atoms with Gasteiger partial charge in [0.1, 0.15) is 5.75 Å². The molecule has 1 amide bonds. The molecule has 3 rings (SSSR count). The molecule has 0 atom stereocenters. The zero-order valence-corrected chi connectivity index (χ0v) is 19.2. The largest absolute Gasteiger partial charge is 0.495 e. The number of sulfonamides is 1. The van der Waals surface area contributed by atoms with E-state index in [2.05, 4.69) is 5.32 Å². The Balaban J connectivity index is 1.53. The summed E-state index contributed by atoms with van der Waals surface area (Å²) in [5, 5.41) is 4.68. The third-order valence-electron chi connectivity index (χ3n) is 5.19. The minimum absolute atomic E-state index is 0.157. The van der Waals surface area contributed by atoms with Gasteiger partial charge >= 0.3 is 0 Å². The lowest BCUT2D eigenvalue weighted by Crippen LogP contribution is -3.15. The molecule has 2 aromatic carbocycles. The Hall–Kier alpha value is -2.39. The molecule has 1 heterocycles. The molecule has 7 nitrogen and oxygen atoms in total. The van der Waals surface area contributed by atoms with E-state index in [0.29, 0.717) is 42.6 Å². The summed E-state index contributed by atoms with van der Waals surface area (Å²) in [5.74, 6) is 0.343. The maximum Gasteiger partial charge on any atom is 0.279 e. The van der Waals surface area contributed by atoms with E-state index < -0.39 is 10.0 Å². The first-order chi connectivity index (χ1) is 14.8. The number of quaternary nitrogens is 1. The van der Waals surface area contributed by atoms with Gasteiger partial charge in [-0.25, -0.2) is 8.42 Å². The minimum Gasteiger partial charge on any atom is -0.495 e. The van der Waals surface area contributed by atoms with Crippen LogP contribution < -0.4 is 15.0 Å². The van der Waals surface area contributed by atoms with Gasteiger partial charge in [0.2, 0.25) is 10.0 Å². The summed E-state index contributed by atoms with van der Waals surface area (Å²) in [5.41, 5.74) is 2.24. The molecule has 0 spiro atoms. The molecule has 1 saturated heterocycles. The van der Waals surface area contributed by atoms with E-state index in [0.717, 1.165) is 16.0 Å². The molecular weight excluding hydrogens is 438 g/mol. The summed E-state index contributed by atoms with van der Waals surface area (Å²) in [6.45, 7) is 3.96. The monoisotopic (exact) mass is 464 g/mol. The molecule has 0 unspecified atom stereocenters. The Kier molecular flexibility index (Phi) is 7.72. The molecule has 0 aliphatic carbocycles. The number of hydrogen-bond acceptors (Lipinski definition) is 4. The molecule has 2 aromatic rings. The first-order valence-electron chi connectivity index (χ1n) is 9.99. The lowest BCUT2D eigenvalue weighted by molar-refractivity contribution is -0.895. The fraction of sp³-hybridized carbons (Fsp3) is 0.318.